The molecule has 1 heterocycles. The highest BCUT2D eigenvalue weighted by Gasteiger charge is 2.06. The van der Waals surface area contributed by atoms with Crippen molar-refractivity contribution in [2.24, 2.45) is 0 Å². The van der Waals surface area contributed by atoms with Crippen LogP contribution in [0, 0.1) is 6.92 Å². The molecule has 0 aliphatic rings. The number of allylic oxidation sites excluding steroid dienone is 2. The molecule has 1 aromatic heterocycles. The van der Waals surface area contributed by atoms with E-state index in [1.807, 2.05) is 45.1 Å². The Labute approximate surface area is 107 Å². The van der Waals surface area contributed by atoms with Crippen molar-refractivity contribution in [3.63, 3.8) is 0 Å². The van der Waals surface area contributed by atoms with Crippen LogP contribution in [-0.2, 0) is 4.84 Å². The number of nitrogens with one attached hydrogen (secondary N) is 1. The quantitative estimate of drug-likeness (QED) is 0.641. The van der Waals surface area contributed by atoms with Crippen LogP contribution >= 0.6 is 0 Å². The molecule has 0 saturated heterocycles. The van der Waals surface area contributed by atoms with Gasteiger partial charge in [0.05, 0.1) is 6.61 Å². The van der Waals surface area contributed by atoms with Crippen molar-refractivity contribution in [3.8, 4) is 0 Å². The standard InChI is InChI=1S/C14H18N2O2/c1-4-7-12(5-2)10-18-16-14(17)13-9-6-8-11(3)15-13/h4-9H,10H2,1-3H3,(H,16,17)/b7-4-,12-5+. The van der Waals surface area contributed by atoms with E-state index in [0.717, 1.165) is 11.3 Å². The van der Waals surface area contributed by atoms with E-state index in [4.69, 9.17) is 4.84 Å². The second-order valence-electron chi connectivity index (χ2n) is 3.75. The number of amides is 1. The van der Waals surface area contributed by atoms with Crippen molar-refractivity contribution in [1.82, 2.24) is 10.5 Å². The van der Waals surface area contributed by atoms with Gasteiger partial charge in [-0.3, -0.25) is 9.63 Å². The molecule has 0 saturated carbocycles. The van der Waals surface area contributed by atoms with Crippen molar-refractivity contribution < 1.29 is 9.63 Å². The van der Waals surface area contributed by atoms with Crippen molar-refractivity contribution in [1.29, 1.82) is 0 Å². The molecule has 96 valence electrons. The predicted octanol–water partition coefficient (Wildman–Crippen LogP) is 2.57. The Morgan fingerprint density at radius 2 is 2.22 bits per heavy atom. The zero-order chi connectivity index (χ0) is 13.4. The number of hydrogen-bond acceptors (Lipinski definition) is 3. The highest BCUT2D eigenvalue weighted by atomic mass is 16.6. The van der Waals surface area contributed by atoms with Gasteiger partial charge < -0.3 is 0 Å². The van der Waals surface area contributed by atoms with Crippen molar-refractivity contribution in [2.75, 3.05) is 6.61 Å². The monoisotopic (exact) mass is 246 g/mol. The molecule has 0 aromatic carbocycles. The molecule has 1 N–H and O–H groups in total. The van der Waals surface area contributed by atoms with Crippen LogP contribution in [0.25, 0.3) is 0 Å². The lowest BCUT2D eigenvalue weighted by atomic mass is 10.2. The van der Waals surface area contributed by atoms with Gasteiger partial charge in [-0.1, -0.05) is 24.3 Å². The summed E-state index contributed by atoms with van der Waals surface area (Å²) in [4.78, 5) is 20.9. The third-order valence-corrected chi connectivity index (χ3v) is 2.28. The summed E-state index contributed by atoms with van der Waals surface area (Å²) in [6.07, 6.45) is 5.77. The molecule has 0 spiro atoms. The molecule has 1 rings (SSSR count). The zero-order valence-corrected chi connectivity index (χ0v) is 10.9. The molecule has 4 nitrogen and oxygen atoms in total. The summed E-state index contributed by atoms with van der Waals surface area (Å²) < 4.78 is 0. The largest absolute Gasteiger partial charge is 0.293 e. The van der Waals surface area contributed by atoms with Gasteiger partial charge in [0, 0.05) is 5.69 Å². The topological polar surface area (TPSA) is 51.2 Å². The minimum absolute atomic E-state index is 0.332. The minimum Gasteiger partial charge on any atom is -0.269 e. The number of nitrogens with zero attached hydrogens (tertiary/aromatic N) is 1. The van der Waals surface area contributed by atoms with Gasteiger partial charge in [-0.25, -0.2) is 10.5 Å². The first-order valence-electron chi connectivity index (χ1n) is 5.81. The van der Waals surface area contributed by atoms with E-state index < -0.39 is 0 Å². The van der Waals surface area contributed by atoms with E-state index in [2.05, 4.69) is 10.5 Å². The Bertz CT molecular complexity index is 465. The molecule has 0 unspecified atom stereocenters. The van der Waals surface area contributed by atoms with Crippen LogP contribution in [0.4, 0.5) is 0 Å². The molecule has 0 aliphatic carbocycles. The summed E-state index contributed by atoms with van der Waals surface area (Å²) in [6.45, 7) is 6.02. The van der Waals surface area contributed by atoms with Crippen LogP contribution < -0.4 is 5.48 Å². The lowest BCUT2D eigenvalue weighted by Gasteiger charge is -2.06. The van der Waals surface area contributed by atoms with Crippen LogP contribution in [0.15, 0.2) is 42.0 Å². The molecule has 0 aliphatic heterocycles. The minimum atomic E-state index is -0.338. The van der Waals surface area contributed by atoms with Gasteiger partial charge in [-0.2, -0.15) is 0 Å². The van der Waals surface area contributed by atoms with E-state index in [-0.39, 0.29) is 5.91 Å². The normalized spacial score (nSPS) is 11.8. The Balaban J connectivity index is 2.47. The fraction of sp³-hybridized carbons (Fsp3) is 0.286. The number of rotatable bonds is 5. The smallest absolute Gasteiger partial charge is 0.269 e. The first-order valence-corrected chi connectivity index (χ1v) is 5.81. The van der Waals surface area contributed by atoms with Crippen LogP contribution in [0.2, 0.25) is 0 Å². The van der Waals surface area contributed by atoms with Crippen LogP contribution in [0.3, 0.4) is 0 Å². The Morgan fingerprint density at radius 1 is 1.44 bits per heavy atom. The summed E-state index contributed by atoms with van der Waals surface area (Å²) >= 11 is 0. The maximum Gasteiger partial charge on any atom is 0.293 e. The van der Waals surface area contributed by atoms with Crippen LogP contribution in [0.1, 0.15) is 30.0 Å². The van der Waals surface area contributed by atoms with Gasteiger partial charge >= 0.3 is 0 Å². The molecule has 1 aromatic rings. The molecule has 0 atom stereocenters. The first-order chi connectivity index (χ1) is 8.67. The highest BCUT2D eigenvalue weighted by molar-refractivity contribution is 5.91. The average Bonchev–Trinajstić information content (AvgIpc) is 2.37. The zero-order valence-electron chi connectivity index (χ0n) is 10.9. The molecular weight excluding hydrogens is 228 g/mol. The van der Waals surface area contributed by atoms with E-state index in [0.29, 0.717) is 12.3 Å². The number of aryl methyl sites for hydroxylation is 1. The maximum atomic E-state index is 11.7. The van der Waals surface area contributed by atoms with Crippen LogP contribution in [-0.4, -0.2) is 17.5 Å². The van der Waals surface area contributed by atoms with Gasteiger partial charge in [-0.05, 0) is 38.5 Å². The van der Waals surface area contributed by atoms with Gasteiger partial charge in [0.2, 0.25) is 0 Å². The Morgan fingerprint density at radius 3 is 2.83 bits per heavy atom. The van der Waals surface area contributed by atoms with Gasteiger partial charge in [-0.15, -0.1) is 0 Å². The van der Waals surface area contributed by atoms with Crippen molar-refractivity contribution in [2.45, 2.75) is 20.8 Å². The summed E-state index contributed by atoms with van der Waals surface area (Å²) in [6, 6.07) is 5.27. The highest BCUT2D eigenvalue weighted by Crippen LogP contribution is 1.99. The molecule has 0 radical (unpaired) electrons. The Kier molecular flexibility index (Phi) is 5.80. The number of hydroxylamine groups is 1. The molecule has 4 heteroatoms. The number of carbonyl (C=O) groups excluding carboxylic acids is 1. The lowest BCUT2D eigenvalue weighted by molar-refractivity contribution is 0.0400. The van der Waals surface area contributed by atoms with Gasteiger partial charge in [0.1, 0.15) is 5.69 Å². The molecule has 0 fully saturated rings. The molecule has 1 amide bonds. The van der Waals surface area contributed by atoms with E-state index in [1.54, 1.807) is 12.1 Å². The molecular formula is C14H18N2O2. The maximum absolute atomic E-state index is 11.7. The number of pyridine rings is 1. The Hall–Kier alpha value is -1.94. The molecule has 18 heavy (non-hydrogen) atoms. The fourth-order valence-electron chi connectivity index (χ4n) is 1.35. The summed E-state index contributed by atoms with van der Waals surface area (Å²) in [5, 5.41) is 0. The lowest BCUT2D eigenvalue weighted by Crippen LogP contribution is -2.25. The number of hydrogen-bond donors (Lipinski definition) is 1. The SMILES string of the molecule is C/C=C\C(=C/C)CONC(=O)c1cccc(C)n1. The number of aromatic nitrogens is 1. The third kappa shape index (κ3) is 4.51. The van der Waals surface area contributed by atoms with E-state index in [1.165, 1.54) is 0 Å². The van der Waals surface area contributed by atoms with Gasteiger partial charge in [0.15, 0.2) is 0 Å². The van der Waals surface area contributed by atoms with E-state index >= 15 is 0 Å². The molecule has 0 bridgehead atoms. The number of carbonyl (C=O) groups is 1. The summed E-state index contributed by atoms with van der Waals surface area (Å²) in [5.74, 6) is -0.338. The average molecular weight is 246 g/mol. The van der Waals surface area contributed by atoms with Crippen LogP contribution in [0.5, 0.6) is 0 Å². The van der Waals surface area contributed by atoms with E-state index in [9.17, 15) is 4.79 Å². The van der Waals surface area contributed by atoms with Crippen molar-refractivity contribution in [3.05, 3.63) is 53.4 Å². The second kappa shape index (κ2) is 7.40. The van der Waals surface area contributed by atoms with Gasteiger partial charge in [0.25, 0.3) is 5.91 Å². The predicted molar refractivity (Wildman–Crippen MR) is 71.0 cm³/mol. The second-order valence-corrected chi connectivity index (χ2v) is 3.75. The fourth-order valence-corrected chi connectivity index (χ4v) is 1.35. The summed E-state index contributed by atoms with van der Waals surface area (Å²) in [7, 11) is 0. The summed E-state index contributed by atoms with van der Waals surface area (Å²) in [5.41, 5.74) is 4.52. The first kappa shape index (κ1) is 14.1. The third-order valence-electron chi connectivity index (χ3n) is 2.28. The van der Waals surface area contributed by atoms with Crippen molar-refractivity contribution >= 4 is 5.91 Å².